The zero-order valence-corrected chi connectivity index (χ0v) is 14.9. The minimum Gasteiger partial charge on any atom is -0.507 e. The molecular formula is C23H19N3O. The predicted octanol–water partition coefficient (Wildman–Crippen LogP) is 5.30. The lowest BCUT2D eigenvalue weighted by Gasteiger charge is -2.06. The van der Waals surface area contributed by atoms with Crippen molar-refractivity contribution in [2.75, 3.05) is 0 Å². The highest BCUT2D eigenvalue weighted by molar-refractivity contribution is 5.88. The van der Waals surface area contributed by atoms with Crippen LogP contribution in [0.25, 0.3) is 16.8 Å². The first-order chi connectivity index (χ1) is 13.2. The van der Waals surface area contributed by atoms with Gasteiger partial charge in [0.2, 0.25) is 0 Å². The van der Waals surface area contributed by atoms with Crippen LogP contribution in [0.4, 0.5) is 5.82 Å². The van der Waals surface area contributed by atoms with E-state index >= 15 is 0 Å². The number of aryl methyl sites for hydroxylation is 1. The Morgan fingerprint density at radius 3 is 2.19 bits per heavy atom. The Morgan fingerprint density at radius 2 is 1.48 bits per heavy atom. The van der Waals surface area contributed by atoms with Crippen LogP contribution < -0.4 is 0 Å². The molecule has 0 radical (unpaired) electrons. The number of phenolic OH excluding ortho intramolecular Hbond substituents is 1. The maximum Gasteiger partial charge on any atom is 0.163 e. The average Bonchev–Trinajstić information content (AvgIpc) is 3.05. The Labute approximate surface area is 158 Å². The summed E-state index contributed by atoms with van der Waals surface area (Å²) in [7, 11) is 0. The number of hydrogen-bond acceptors (Lipinski definition) is 3. The topological polar surface area (TPSA) is 50.4 Å². The number of phenols is 1. The summed E-state index contributed by atoms with van der Waals surface area (Å²) in [6, 6.07) is 27.2. The third kappa shape index (κ3) is 3.37. The number of rotatable bonds is 4. The normalized spacial score (nSPS) is 11.1. The molecule has 0 aliphatic carbocycles. The van der Waals surface area contributed by atoms with E-state index in [0.717, 1.165) is 28.3 Å². The van der Waals surface area contributed by atoms with Crippen LogP contribution in [0.3, 0.4) is 0 Å². The van der Waals surface area contributed by atoms with E-state index in [9.17, 15) is 5.11 Å². The van der Waals surface area contributed by atoms with Gasteiger partial charge in [0.25, 0.3) is 0 Å². The first-order valence-corrected chi connectivity index (χ1v) is 8.76. The predicted molar refractivity (Wildman–Crippen MR) is 109 cm³/mol. The van der Waals surface area contributed by atoms with Crippen molar-refractivity contribution in [3.8, 4) is 22.6 Å². The molecule has 0 unspecified atom stereocenters. The van der Waals surface area contributed by atoms with Gasteiger partial charge in [-0.15, -0.1) is 0 Å². The first kappa shape index (κ1) is 16.8. The Morgan fingerprint density at radius 1 is 0.852 bits per heavy atom. The minimum atomic E-state index is 0.199. The fourth-order valence-electron chi connectivity index (χ4n) is 3.05. The number of hydrogen-bond donors (Lipinski definition) is 1. The summed E-state index contributed by atoms with van der Waals surface area (Å²) < 4.78 is 1.84. The summed E-state index contributed by atoms with van der Waals surface area (Å²) in [5, 5.41) is 14.8. The first-order valence-electron chi connectivity index (χ1n) is 8.76. The number of aromatic hydroxyl groups is 1. The molecule has 0 spiro atoms. The molecule has 0 fully saturated rings. The number of para-hydroxylation sites is 2. The van der Waals surface area contributed by atoms with E-state index in [4.69, 9.17) is 10.1 Å². The molecule has 0 aliphatic rings. The summed E-state index contributed by atoms with van der Waals surface area (Å²) >= 11 is 0. The molecule has 132 valence electrons. The zero-order valence-electron chi connectivity index (χ0n) is 14.9. The van der Waals surface area contributed by atoms with Gasteiger partial charge in [-0.3, -0.25) is 0 Å². The molecule has 0 bridgehead atoms. The van der Waals surface area contributed by atoms with Crippen molar-refractivity contribution in [3.05, 3.63) is 96.2 Å². The maximum absolute atomic E-state index is 10.1. The van der Waals surface area contributed by atoms with E-state index in [2.05, 4.69) is 12.1 Å². The van der Waals surface area contributed by atoms with Gasteiger partial charge >= 0.3 is 0 Å². The minimum absolute atomic E-state index is 0.199. The second-order valence-electron chi connectivity index (χ2n) is 6.21. The van der Waals surface area contributed by atoms with Gasteiger partial charge in [-0.1, -0.05) is 60.7 Å². The molecular weight excluding hydrogens is 334 g/mol. The van der Waals surface area contributed by atoms with E-state index in [1.54, 1.807) is 18.3 Å². The van der Waals surface area contributed by atoms with Crippen molar-refractivity contribution in [2.45, 2.75) is 6.92 Å². The van der Waals surface area contributed by atoms with E-state index in [-0.39, 0.29) is 5.75 Å². The van der Waals surface area contributed by atoms with Gasteiger partial charge in [0.05, 0.1) is 11.4 Å². The summed E-state index contributed by atoms with van der Waals surface area (Å²) in [4.78, 5) is 4.73. The highest BCUT2D eigenvalue weighted by atomic mass is 16.3. The zero-order chi connectivity index (χ0) is 18.6. The van der Waals surface area contributed by atoms with Gasteiger partial charge < -0.3 is 5.11 Å². The largest absolute Gasteiger partial charge is 0.507 e. The second-order valence-corrected chi connectivity index (χ2v) is 6.21. The summed E-state index contributed by atoms with van der Waals surface area (Å²) in [5.41, 5.74) is 4.53. The molecule has 3 aromatic carbocycles. The molecule has 1 N–H and O–H groups in total. The maximum atomic E-state index is 10.1. The third-order valence-electron chi connectivity index (χ3n) is 4.36. The van der Waals surface area contributed by atoms with Gasteiger partial charge in [0.1, 0.15) is 5.75 Å². The molecule has 1 heterocycles. The number of aromatic nitrogens is 2. The van der Waals surface area contributed by atoms with E-state index in [1.165, 1.54) is 0 Å². The quantitative estimate of drug-likeness (QED) is 0.506. The number of aliphatic imine (C=N–C) groups is 1. The van der Waals surface area contributed by atoms with Gasteiger partial charge in [0, 0.05) is 17.3 Å². The van der Waals surface area contributed by atoms with Crippen molar-refractivity contribution in [1.29, 1.82) is 0 Å². The fourth-order valence-corrected chi connectivity index (χ4v) is 3.05. The van der Waals surface area contributed by atoms with Gasteiger partial charge in [-0.05, 0) is 36.8 Å². The van der Waals surface area contributed by atoms with Crippen molar-refractivity contribution in [1.82, 2.24) is 9.78 Å². The van der Waals surface area contributed by atoms with Crippen molar-refractivity contribution < 1.29 is 5.11 Å². The summed E-state index contributed by atoms with van der Waals surface area (Å²) in [6.45, 7) is 1.99. The lowest BCUT2D eigenvalue weighted by Crippen LogP contribution is -1.96. The lowest BCUT2D eigenvalue weighted by molar-refractivity contribution is 0.474. The van der Waals surface area contributed by atoms with E-state index < -0.39 is 0 Å². The van der Waals surface area contributed by atoms with E-state index in [1.807, 2.05) is 72.3 Å². The van der Waals surface area contributed by atoms with Crippen LogP contribution in [0.15, 0.2) is 89.9 Å². The lowest BCUT2D eigenvalue weighted by atomic mass is 10.1. The second kappa shape index (κ2) is 7.30. The number of nitrogens with zero attached hydrogens (tertiary/aromatic N) is 3. The Bertz CT molecular complexity index is 1080. The highest BCUT2D eigenvalue weighted by Gasteiger charge is 2.17. The van der Waals surface area contributed by atoms with Crippen LogP contribution in [0.1, 0.15) is 11.3 Å². The Kier molecular flexibility index (Phi) is 4.54. The smallest absolute Gasteiger partial charge is 0.163 e. The van der Waals surface area contributed by atoms with Crippen LogP contribution in [-0.2, 0) is 0 Å². The number of benzene rings is 3. The van der Waals surface area contributed by atoms with Crippen LogP contribution in [0.5, 0.6) is 5.75 Å². The fraction of sp³-hybridized carbons (Fsp3) is 0.0435. The van der Waals surface area contributed by atoms with Crippen molar-refractivity contribution >= 4 is 12.0 Å². The van der Waals surface area contributed by atoms with Crippen LogP contribution >= 0.6 is 0 Å². The molecule has 0 amide bonds. The molecule has 4 heteroatoms. The van der Waals surface area contributed by atoms with Gasteiger partial charge in [-0.2, -0.15) is 5.10 Å². The van der Waals surface area contributed by atoms with Gasteiger partial charge in [-0.25, -0.2) is 9.67 Å². The molecule has 0 atom stereocenters. The van der Waals surface area contributed by atoms with Crippen LogP contribution in [-0.4, -0.2) is 21.1 Å². The third-order valence-corrected chi connectivity index (χ3v) is 4.36. The Balaban J connectivity index is 1.90. The standard InChI is InChI=1S/C23H19N3O/c1-17-22(18-10-4-2-5-11-18)23(24-16-19-12-8-9-15-21(19)27)26(25-17)20-13-6-3-7-14-20/h2-16,27H,1H3/b24-16+. The molecule has 1 aromatic heterocycles. The summed E-state index contributed by atoms with van der Waals surface area (Å²) in [6.07, 6.45) is 1.68. The molecule has 27 heavy (non-hydrogen) atoms. The molecule has 4 nitrogen and oxygen atoms in total. The molecule has 4 aromatic rings. The highest BCUT2D eigenvalue weighted by Crippen LogP contribution is 2.35. The van der Waals surface area contributed by atoms with Gasteiger partial charge in [0.15, 0.2) is 5.82 Å². The molecule has 0 saturated heterocycles. The van der Waals surface area contributed by atoms with Crippen LogP contribution in [0, 0.1) is 6.92 Å². The SMILES string of the molecule is Cc1nn(-c2ccccc2)c(/N=C/c2ccccc2O)c1-c1ccccc1. The molecule has 0 saturated carbocycles. The summed E-state index contributed by atoms with van der Waals surface area (Å²) in [5.74, 6) is 0.929. The average molecular weight is 353 g/mol. The van der Waals surface area contributed by atoms with Crippen molar-refractivity contribution in [2.24, 2.45) is 4.99 Å². The monoisotopic (exact) mass is 353 g/mol. The molecule has 4 rings (SSSR count). The van der Waals surface area contributed by atoms with Crippen molar-refractivity contribution in [3.63, 3.8) is 0 Å². The van der Waals surface area contributed by atoms with Crippen LogP contribution in [0.2, 0.25) is 0 Å². The Hall–Kier alpha value is -3.66. The molecule has 0 aliphatic heterocycles. The van der Waals surface area contributed by atoms with E-state index in [0.29, 0.717) is 5.56 Å².